The van der Waals surface area contributed by atoms with Crippen LogP contribution in [-0.2, 0) is 6.54 Å². The molecule has 0 unspecified atom stereocenters. The molecule has 1 N–H and O–H groups in total. The molecular weight excluding hydrogens is 236 g/mol. The minimum Gasteiger partial charge on any atom is -0.378 e. The van der Waals surface area contributed by atoms with Gasteiger partial charge in [0.2, 0.25) is 0 Å². The predicted octanol–water partition coefficient (Wildman–Crippen LogP) is 2.66. The largest absolute Gasteiger partial charge is 0.378 e. The summed E-state index contributed by atoms with van der Waals surface area (Å²) in [5, 5.41) is 2.88. The Kier molecular flexibility index (Phi) is 2.75. The second kappa shape index (κ2) is 4.43. The third-order valence-electron chi connectivity index (χ3n) is 3.54. The van der Waals surface area contributed by atoms with Gasteiger partial charge in [0, 0.05) is 31.9 Å². The lowest BCUT2D eigenvalue weighted by Crippen LogP contribution is -2.12. The van der Waals surface area contributed by atoms with Crippen LogP contribution in [0.3, 0.4) is 0 Å². The molecule has 1 aliphatic heterocycles. The lowest BCUT2D eigenvalue weighted by Gasteiger charge is -2.13. The van der Waals surface area contributed by atoms with Gasteiger partial charge in [0.05, 0.1) is 0 Å². The van der Waals surface area contributed by atoms with Gasteiger partial charge in [-0.15, -0.1) is 0 Å². The molecule has 3 rings (SSSR count). The van der Waals surface area contributed by atoms with Crippen LogP contribution < -0.4 is 10.2 Å². The number of fused-ring (bicyclic) bond motifs is 1. The van der Waals surface area contributed by atoms with Gasteiger partial charge in [-0.1, -0.05) is 24.3 Å². The highest BCUT2D eigenvalue weighted by Gasteiger charge is 2.21. The summed E-state index contributed by atoms with van der Waals surface area (Å²) in [6.45, 7) is 0.625. The molecule has 0 radical (unpaired) electrons. The number of hydrogen-bond acceptors (Lipinski definition) is 2. The minimum atomic E-state index is 0.0294. The van der Waals surface area contributed by atoms with Crippen molar-refractivity contribution in [2.24, 2.45) is 0 Å². The molecule has 0 fully saturated rings. The van der Waals surface area contributed by atoms with Crippen molar-refractivity contribution in [3.8, 4) is 11.1 Å². The summed E-state index contributed by atoms with van der Waals surface area (Å²) in [5.41, 5.74) is 5.37. The monoisotopic (exact) mass is 252 g/mol. The van der Waals surface area contributed by atoms with Crippen molar-refractivity contribution in [2.75, 3.05) is 19.0 Å². The van der Waals surface area contributed by atoms with Gasteiger partial charge in [-0.3, -0.25) is 4.79 Å². The molecule has 96 valence electrons. The molecule has 0 spiro atoms. The Hall–Kier alpha value is -2.29. The third kappa shape index (κ3) is 1.97. The molecule has 0 saturated heterocycles. The fourth-order valence-electron chi connectivity index (χ4n) is 2.46. The predicted molar refractivity (Wildman–Crippen MR) is 77.4 cm³/mol. The van der Waals surface area contributed by atoms with E-state index in [0.29, 0.717) is 6.54 Å². The van der Waals surface area contributed by atoms with E-state index in [9.17, 15) is 4.79 Å². The zero-order valence-corrected chi connectivity index (χ0v) is 11.1. The van der Waals surface area contributed by atoms with E-state index in [4.69, 9.17) is 0 Å². The van der Waals surface area contributed by atoms with Crippen LogP contribution >= 0.6 is 0 Å². The highest BCUT2D eigenvalue weighted by atomic mass is 16.1. The molecule has 0 aromatic heterocycles. The van der Waals surface area contributed by atoms with Gasteiger partial charge < -0.3 is 10.2 Å². The van der Waals surface area contributed by atoms with Gasteiger partial charge in [0.15, 0.2) is 0 Å². The van der Waals surface area contributed by atoms with Crippen molar-refractivity contribution >= 4 is 11.6 Å². The molecule has 3 heteroatoms. The Morgan fingerprint density at radius 3 is 2.37 bits per heavy atom. The van der Waals surface area contributed by atoms with Crippen LogP contribution in [0.1, 0.15) is 15.9 Å². The maximum atomic E-state index is 11.7. The number of rotatable bonds is 2. The molecule has 2 aromatic carbocycles. The summed E-state index contributed by atoms with van der Waals surface area (Å²) < 4.78 is 0. The van der Waals surface area contributed by atoms with Gasteiger partial charge in [-0.05, 0) is 34.9 Å². The van der Waals surface area contributed by atoms with E-state index in [2.05, 4.69) is 40.5 Å². The lowest BCUT2D eigenvalue weighted by atomic mass is 9.97. The van der Waals surface area contributed by atoms with Crippen LogP contribution in [0.25, 0.3) is 11.1 Å². The fourth-order valence-corrected chi connectivity index (χ4v) is 2.46. The van der Waals surface area contributed by atoms with E-state index >= 15 is 0 Å². The quantitative estimate of drug-likeness (QED) is 0.891. The van der Waals surface area contributed by atoms with Crippen molar-refractivity contribution < 1.29 is 4.79 Å². The van der Waals surface area contributed by atoms with Crippen LogP contribution in [0.4, 0.5) is 5.69 Å². The Balaban J connectivity index is 2.06. The van der Waals surface area contributed by atoms with Crippen LogP contribution in [0, 0.1) is 0 Å². The zero-order valence-electron chi connectivity index (χ0n) is 11.1. The average molecular weight is 252 g/mol. The van der Waals surface area contributed by atoms with Gasteiger partial charge in [-0.25, -0.2) is 0 Å². The fraction of sp³-hybridized carbons (Fsp3) is 0.188. The molecule has 1 amide bonds. The van der Waals surface area contributed by atoms with Crippen LogP contribution in [0.15, 0.2) is 42.5 Å². The molecule has 19 heavy (non-hydrogen) atoms. The second-order valence-electron chi connectivity index (χ2n) is 4.96. The van der Waals surface area contributed by atoms with Crippen LogP contribution in [-0.4, -0.2) is 20.0 Å². The van der Waals surface area contributed by atoms with Crippen molar-refractivity contribution in [3.05, 3.63) is 53.6 Å². The average Bonchev–Trinajstić information content (AvgIpc) is 2.81. The molecule has 1 heterocycles. The maximum absolute atomic E-state index is 11.7. The maximum Gasteiger partial charge on any atom is 0.251 e. The van der Waals surface area contributed by atoms with Crippen molar-refractivity contribution in [1.82, 2.24) is 5.32 Å². The number of anilines is 1. The molecule has 0 aliphatic carbocycles. The Morgan fingerprint density at radius 2 is 1.68 bits per heavy atom. The molecule has 3 nitrogen and oxygen atoms in total. The molecular formula is C16H16N2O. The summed E-state index contributed by atoms with van der Waals surface area (Å²) in [6.07, 6.45) is 0. The highest BCUT2D eigenvalue weighted by molar-refractivity contribution is 6.00. The van der Waals surface area contributed by atoms with E-state index in [-0.39, 0.29) is 5.91 Å². The first kappa shape index (κ1) is 11.8. The number of carbonyl (C=O) groups excluding carboxylic acids is 1. The summed E-state index contributed by atoms with van der Waals surface area (Å²) >= 11 is 0. The van der Waals surface area contributed by atoms with E-state index in [1.54, 1.807) is 0 Å². The molecule has 0 bridgehead atoms. The Morgan fingerprint density at radius 1 is 1.00 bits per heavy atom. The first-order valence-corrected chi connectivity index (χ1v) is 6.34. The smallest absolute Gasteiger partial charge is 0.251 e. The summed E-state index contributed by atoms with van der Waals surface area (Å²) in [7, 11) is 4.05. The van der Waals surface area contributed by atoms with E-state index in [1.165, 1.54) is 5.69 Å². The van der Waals surface area contributed by atoms with Gasteiger partial charge in [0.1, 0.15) is 0 Å². The highest BCUT2D eigenvalue weighted by Crippen LogP contribution is 2.30. The summed E-state index contributed by atoms with van der Waals surface area (Å²) in [4.78, 5) is 13.7. The van der Waals surface area contributed by atoms with E-state index in [0.717, 1.165) is 22.3 Å². The number of carbonyl (C=O) groups is 1. The SMILES string of the molecule is CN(C)c1ccc(-c2cccc3c2CNC3=O)cc1. The first-order valence-electron chi connectivity index (χ1n) is 6.34. The molecule has 0 atom stereocenters. The van der Waals surface area contributed by atoms with Crippen LogP contribution in [0.5, 0.6) is 0 Å². The molecule has 0 saturated carbocycles. The second-order valence-corrected chi connectivity index (χ2v) is 4.96. The molecule has 1 aliphatic rings. The Labute approximate surface area is 112 Å². The van der Waals surface area contributed by atoms with Crippen molar-refractivity contribution in [3.63, 3.8) is 0 Å². The van der Waals surface area contributed by atoms with E-state index < -0.39 is 0 Å². The molecule has 2 aromatic rings. The van der Waals surface area contributed by atoms with Gasteiger partial charge in [0.25, 0.3) is 5.91 Å². The third-order valence-corrected chi connectivity index (χ3v) is 3.54. The van der Waals surface area contributed by atoms with Crippen LogP contribution in [0.2, 0.25) is 0 Å². The summed E-state index contributed by atoms with van der Waals surface area (Å²) in [6, 6.07) is 14.3. The van der Waals surface area contributed by atoms with E-state index in [1.807, 2.05) is 26.2 Å². The number of amides is 1. The first-order chi connectivity index (χ1) is 9.16. The summed E-state index contributed by atoms with van der Waals surface area (Å²) in [5.74, 6) is 0.0294. The number of benzene rings is 2. The minimum absolute atomic E-state index is 0.0294. The topological polar surface area (TPSA) is 32.3 Å². The Bertz CT molecular complexity index is 630. The van der Waals surface area contributed by atoms with Gasteiger partial charge >= 0.3 is 0 Å². The number of nitrogens with zero attached hydrogens (tertiary/aromatic N) is 1. The van der Waals surface area contributed by atoms with Crippen molar-refractivity contribution in [2.45, 2.75) is 6.54 Å². The van der Waals surface area contributed by atoms with Crippen molar-refractivity contribution in [1.29, 1.82) is 0 Å². The normalized spacial score (nSPS) is 13.1. The zero-order chi connectivity index (χ0) is 13.4. The lowest BCUT2D eigenvalue weighted by molar-refractivity contribution is 0.0966. The standard InChI is InChI=1S/C16H16N2O/c1-18(2)12-8-6-11(7-9-12)13-4-3-5-14-15(13)10-17-16(14)19/h3-9H,10H2,1-2H3,(H,17,19). The number of nitrogens with one attached hydrogen (secondary N) is 1. The number of hydrogen-bond donors (Lipinski definition) is 1. The van der Waals surface area contributed by atoms with Gasteiger partial charge in [-0.2, -0.15) is 0 Å².